The highest BCUT2D eigenvalue weighted by Crippen LogP contribution is 2.35. The largest absolute Gasteiger partial charge is 0.497 e. The quantitative estimate of drug-likeness (QED) is 0.634. The molecule has 0 aliphatic carbocycles. The zero-order chi connectivity index (χ0) is 21.5. The van der Waals surface area contributed by atoms with Crippen LogP contribution in [-0.4, -0.2) is 57.6 Å². The summed E-state index contributed by atoms with van der Waals surface area (Å²) in [4.78, 5) is 33.8. The average molecular weight is 409 g/mol. The van der Waals surface area contributed by atoms with E-state index in [1.54, 1.807) is 31.4 Å². The predicted molar refractivity (Wildman–Crippen MR) is 104 cm³/mol. The Hall–Kier alpha value is -3.79. The molecule has 0 aromatic carbocycles. The van der Waals surface area contributed by atoms with E-state index in [4.69, 9.17) is 15.0 Å². The lowest BCUT2D eigenvalue weighted by Gasteiger charge is -2.16. The maximum absolute atomic E-state index is 12.3. The average Bonchev–Trinajstić information content (AvgIpc) is 3.36. The Morgan fingerprint density at radius 2 is 2.07 bits per heavy atom. The molecule has 1 aliphatic rings. The molecule has 3 N–H and O–H groups in total. The molecule has 1 atom stereocenters. The van der Waals surface area contributed by atoms with E-state index >= 15 is 0 Å². The number of methoxy groups -OCH3 is 1. The van der Waals surface area contributed by atoms with Crippen LogP contribution in [0, 0.1) is 0 Å². The number of rotatable bonds is 5. The van der Waals surface area contributed by atoms with Gasteiger partial charge in [-0.15, -0.1) is 0 Å². The van der Waals surface area contributed by atoms with Crippen molar-refractivity contribution in [3.05, 3.63) is 48.0 Å². The van der Waals surface area contributed by atoms with Gasteiger partial charge in [0.1, 0.15) is 17.1 Å². The summed E-state index contributed by atoms with van der Waals surface area (Å²) in [6, 6.07) is 8.00. The summed E-state index contributed by atoms with van der Waals surface area (Å²) in [5.74, 6) is -0.622. The smallest absolute Gasteiger partial charge is 0.267 e. The number of carbonyl (C=O) groups excluding carboxylic acids is 2. The van der Waals surface area contributed by atoms with Gasteiger partial charge in [0.25, 0.3) is 11.8 Å². The van der Waals surface area contributed by atoms with E-state index in [1.165, 1.54) is 24.1 Å². The van der Waals surface area contributed by atoms with Crippen molar-refractivity contribution < 1.29 is 24.0 Å². The van der Waals surface area contributed by atoms with Gasteiger partial charge < -0.3 is 25.0 Å². The van der Waals surface area contributed by atoms with E-state index in [0.29, 0.717) is 34.9 Å². The Labute approximate surface area is 171 Å². The first-order valence-corrected chi connectivity index (χ1v) is 9.09. The zero-order valence-corrected chi connectivity index (χ0v) is 16.3. The summed E-state index contributed by atoms with van der Waals surface area (Å²) in [5, 5.41) is 14.7. The number of nitrogens with zero attached hydrogens (tertiary/aromatic N) is 4. The number of likely N-dealkylation sites (N-methyl/N-ethyl adjacent to an activating group) is 1. The highest BCUT2D eigenvalue weighted by molar-refractivity contribution is 5.92. The molecular formula is C20H19N5O5. The number of nitrogens with two attached hydrogens (primary N) is 1. The van der Waals surface area contributed by atoms with Crippen molar-refractivity contribution in [2.24, 2.45) is 5.73 Å². The first-order chi connectivity index (χ1) is 14.3. The van der Waals surface area contributed by atoms with Gasteiger partial charge in [-0.25, -0.2) is 4.98 Å². The normalized spacial score (nSPS) is 18.6. The van der Waals surface area contributed by atoms with E-state index in [-0.39, 0.29) is 17.9 Å². The van der Waals surface area contributed by atoms with Crippen molar-refractivity contribution >= 4 is 11.8 Å². The standard InChI is InChI=1S/C20H19N5O5/c1-25-6-4-20(28,19(25)27)17-10-13(24-30-17)11-3-5-22-14(7-11)15-8-12(29-2)9-16(23-15)18(21)26/h3,5,7-10,28H,4,6H2,1-2H3,(H2,21,26)/t20-/m1/s1. The van der Waals surface area contributed by atoms with Crippen LogP contribution < -0.4 is 10.5 Å². The van der Waals surface area contributed by atoms with Crippen LogP contribution in [0.4, 0.5) is 0 Å². The van der Waals surface area contributed by atoms with Crippen LogP contribution in [-0.2, 0) is 10.4 Å². The van der Waals surface area contributed by atoms with Crippen LogP contribution >= 0.6 is 0 Å². The van der Waals surface area contributed by atoms with Gasteiger partial charge in [-0.3, -0.25) is 14.6 Å². The van der Waals surface area contributed by atoms with E-state index in [0.717, 1.165) is 0 Å². The molecule has 3 aromatic rings. The van der Waals surface area contributed by atoms with Crippen LogP contribution in [0.15, 0.2) is 41.1 Å². The maximum Gasteiger partial charge on any atom is 0.267 e. The number of aliphatic hydroxyl groups is 1. The highest BCUT2D eigenvalue weighted by atomic mass is 16.5. The van der Waals surface area contributed by atoms with Crippen LogP contribution in [0.2, 0.25) is 0 Å². The lowest BCUT2D eigenvalue weighted by atomic mass is 9.98. The van der Waals surface area contributed by atoms with Gasteiger partial charge in [0.2, 0.25) is 5.60 Å². The third-order valence-electron chi connectivity index (χ3n) is 5.03. The number of primary amides is 1. The second-order valence-corrected chi connectivity index (χ2v) is 6.98. The lowest BCUT2D eigenvalue weighted by molar-refractivity contribution is -0.144. The Balaban J connectivity index is 1.71. The van der Waals surface area contributed by atoms with E-state index in [1.807, 2.05) is 0 Å². The molecule has 2 amide bonds. The molecule has 10 nitrogen and oxygen atoms in total. The van der Waals surface area contributed by atoms with Crippen LogP contribution in [0.5, 0.6) is 5.75 Å². The van der Waals surface area contributed by atoms with Crippen molar-refractivity contribution in [1.29, 1.82) is 0 Å². The minimum Gasteiger partial charge on any atom is -0.497 e. The Bertz CT molecular complexity index is 1140. The number of aromatic nitrogens is 3. The lowest BCUT2D eigenvalue weighted by Crippen LogP contribution is -2.35. The molecule has 0 spiro atoms. The predicted octanol–water partition coefficient (Wildman–Crippen LogP) is 0.956. The summed E-state index contributed by atoms with van der Waals surface area (Å²) in [6.45, 7) is 0.425. The van der Waals surface area contributed by atoms with Gasteiger partial charge in [0, 0.05) is 50.0 Å². The maximum atomic E-state index is 12.3. The number of likely N-dealkylation sites (tertiary alicyclic amines) is 1. The number of amides is 2. The number of hydrogen-bond donors (Lipinski definition) is 2. The molecular weight excluding hydrogens is 390 g/mol. The van der Waals surface area contributed by atoms with Gasteiger partial charge in [-0.05, 0) is 12.1 Å². The summed E-state index contributed by atoms with van der Waals surface area (Å²) in [5.41, 5.74) is 5.56. The summed E-state index contributed by atoms with van der Waals surface area (Å²) < 4.78 is 10.5. The number of hydrogen-bond acceptors (Lipinski definition) is 8. The van der Waals surface area contributed by atoms with Gasteiger partial charge >= 0.3 is 0 Å². The Morgan fingerprint density at radius 3 is 2.73 bits per heavy atom. The molecule has 3 aromatic heterocycles. The van der Waals surface area contributed by atoms with Crippen molar-refractivity contribution in [3.8, 4) is 28.4 Å². The molecule has 0 radical (unpaired) electrons. The minimum absolute atomic E-state index is 0.0476. The fourth-order valence-corrected chi connectivity index (χ4v) is 3.30. The molecule has 1 saturated heterocycles. The highest BCUT2D eigenvalue weighted by Gasteiger charge is 2.48. The molecule has 0 saturated carbocycles. The Morgan fingerprint density at radius 1 is 1.27 bits per heavy atom. The molecule has 0 bridgehead atoms. The van der Waals surface area contributed by atoms with Crippen molar-refractivity contribution in [3.63, 3.8) is 0 Å². The monoisotopic (exact) mass is 409 g/mol. The van der Waals surface area contributed by atoms with Gasteiger partial charge in [0.15, 0.2) is 5.76 Å². The molecule has 154 valence electrons. The van der Waals surface area contributed by atoms with E-state index in [9.17, 15) is 14.7 Å². The number of pyridine rings is 2. The van der Waals surface area contributed by atoms with Gasteiger partial charge in [-0.2, -0.15) is 0 Å². The third kappa shape index (κ3) is 3.26. The number of ether oxygens (including phenoxy) is 1. The van der Waals surface area contributed by atoms with Crippen LogP contribution in [0.25, 0.3) is 22.6 Å². The zero-order valence-electron chi connectivity index (χ0n) is 16.3. The second-order valence-electron chi connectivity index (χ2n) is 6.98. The fourth-order valence-electron chi connectivity index (χ4n) is 3.30. The number of carbonyl (C=O) groups is 2. The third-order valence-corrected chi connectivity index (χ3v) is 5.03. The minimum atomic E-state index is -1.72. The fraction of sp³-hybridized carbons (Fsp3) is 0.250. The molecule has 4 rings (SSSR count). The summed E-state index contributed by atoms with van der Waals surface area (Å²) >= 11 is 0. The molecule has 1 fully saturated rings. The summed E-state index contributed by atoms with van der Waals surface area (Å²) in [7, 11) is 3.09. The molecule has 10 heteroatoms. The van der Waals surface area contributed by atoms with E-state index in [2.05, 4.69) is 15.1 Å². The van der Waals surface area contributed by atoms with Crippen molar-refractivity contribution in [2.75, 3.05) is 20.7 Å². The molecule has 1 aliphatic heterocycles. The summed E-state index contributed by atoms with van der Waals surface area (Å²) in [6.07, 6.45) is 1.77. The topological polar surface area (TPSA) is 145 Å². The van der Waals surface area contributed by atoms with Gasteiger partial charge in [0.05, 0.1) is 18.5 Å². The van der Waals surface area contributed by atoms with Crippen molar-refractivity contribution in [1.82, 2.24) is 20.0 Å². The Kier molecular flexibility index (Phi) is 4.70. The van der Waals surface area contributed by atoms with E-state index < -0.39 is 17.4 Å². The van der Waals surface area contributed by atoms with Crippen molar-refractivity contribution in [2.45, 2.75) is 12.0 Å². The molecule has 4 heterocycles. The van der Waals surface area contributed by atoms with Crippen LogP contribution in [0.1, 0.15) is 22.7 Å². The molecule has 30 heavy (non-hydrogen) atoms. The van der Waals surface area contributed by atoms with Gasteiger partial charge in [-0.1, -0.05) is 5.16 Å². The second kappa shape index (κ2) is 7.23. The molecule has 0 unspecified atom stereocenters. The first kappa shape index (κ1) is 19.5. The first-order valence-electron chi connectivity index (χ1n) is 9.09. The SMILES string of the molecule is COc1cc(C(N)=O)nc(-c2cc(-c3cc([C@]4(O)CCN(C)C4=O)on3)ccn2)c1. The van der Waals surface area contributed by atoms with Crippen LogP contribution in [0.3, 0.4) is 0 Å².